The van der Waals surface area contributed by atoms with Crippen LogP contribution >= 0.6 is 0 Å². The van der Waals surface area contributed by atoms with Gasteiger partial charge in [0.15, 0.2) is 0 Å². The van der Waals surface area contributed by atoms with Gasteiger partial charge in [-0.3, -0.25) is 9.59 Å². The maximum Gasteiger partial charge on any atom is 1.00 e. The van der Waals surface area contributed by atoms with Gasteiger partial charge in [-0.15, -0.1) is 0 Å². The number of carboxylic acids is 2. The van der Waals surface area contributed by atoms with E-state index in [9.17, 15) is 9.59 Å². The van der Waals surface area contributed by atoms with Crippen LogP contribution in [0.4, 0.5) is 0 Å². The van der Waals surface area contributed by atoms with Gasteiger partial charge in [0.05, 0.1) is 0 Å². The van der Waals surface area contributed by atoms with Crippen molar-refractivity contribution in [2.45, 2.75) is 64.7 Å². The summed E-state index contributed by atoms with van der Waals surface area (Å²) in [6, 6.07) is 0. The first kappa shape index (κ1) is 28.4. The molecule has 0 saturated heterocycles. The summed E-state index contributed by atoms with van der Waals surface area (Å²) in [6.07, 6.45) is 10.1. The fraction of sp³-hybridized carbons (Fsp3) is 0.769. The molecule has 0 aromatic rings. The van der Waals surface area contributed by atoms with Crippen LogP contribution in [0.1, 0.15) is 66.1 Å². The summed E-state index contributed by atoms with van der Waals surface area (Å²) >= 11 is 0. The zero-order valence-electron chi connectivity index (χ0n) is 13.8. The second-order valence-corrected chi connectivity index (χ2v) is 3.94. The van der Waals surface area contributed by atoms with Gasteiger partial charge in [0, 0.05) is 0 Å². The van der Waals surface area contributed by atoms with Crippen molar-refractivity contribution in [1.29, 1.82) is 0 Å². The number of aliphatic carboxylic acids is 2. The van der Waals surface area contributed by atoms with Crippen LogP contribution in [0.3, 0.4) is 0 Å². The molecule has 0 fully saturated rings. The summed E-state index contributed by atoms with van der Waals surface area (Å²) in [5.74, 6) is -2.62. The number of unbranched alkanes of at least 4 members (excludes halogenated alkanes) is 7. The number of hydrogen-bond acceptors (Lipinski definition) is 2. The number of carboxylic acid groups (broad SMARTS) is 2. The van der Waals surface area contributed by atoms with Crippen molar-refractivity contribution in [1.82, 2.24) is 0 Å². The first-order valence-corrected chi connectivity index (χ1v) is 6.27. The van der Waals surface area contributed by atoms with Crippen molar-refractivity contribution < 1.29 is 91.5 Å². The van der Waals surface area contributed by atoms with E-state index in [0.717, 1.165) is 6.42 Å². The topological polar surface area (TPSA) is 74.6 Å². The van der Waals surface area contributed by atoms with Crippen LogP contribution in [-0.4, -0.2) is 22.2 Å². The van der Waals surface area contributed by atoms with E-state index in [1.165, 1.54) is 44.9 Å². The van der Waals surface area contributed by atoms with E-state index < -0.39 is 18.4 Å². The van der Waals surface area contributed by atoms with Crippen LogP contribution in [0.25, 0.3) is 0 Å². The van der Waals surface area contributed by atoms with Gasteiger partial charge < -0.3 is 18.6 Å². The van der Waals surface area contributed by atoms with Gasteiger partial charge in [-0.2, -0.15) is 6.42 Å². The standard InChI is InChI=1S/C10H21.C3H4O4.K.Li.H/c1-3-5-7-9-10-8-6-4-2;4-2(5)1-3(6)7;;;/h1,3-10H2,2H3;1H2,(H,4,5)(H,6,7);;;/q-1;;2*+1;-1. The molecule has 0 bridgehead atoms. The van der Waals surface area contributed by atoms with Crippen molar-refractivity contribution in [3.05, 3.63) is 6.92 Å². The molecule has 0 heterocycles. The summed E-state index contributed by atoms with van der Waals surface area (Å²) in [4.78, 5) is 18.9. The normalized spacial score (nSPS) is 8.32. The first-order valence-electron chi connectivity index (χ1n) is 6.27. The molecule has 0 aromatic carbocycles. The Morgan fingerprint density at radius 3 is 1.58 bits per heavy atom. The van der Waals surface area contributed by atoms with Gasteiger partial charge in [-0.1, -0.05) is 51.9 Å². The van der Waals surface area contributed by atoms with E-state index >= 15 is 0 Å². The maximum atomic E-state index is 9.43. The van der Waals surface area contributed by atoms with Gasteiger partial charge in [0.1, 0.15) is 6.42 Å². The molecule has 0 aliphatic rings. The summed E-state index contributed by atoms with van der Waals surface area (Å²) < 4.78 is 0. The van der Waals surface area contributed by atoms with Gasteiger partial charge in [-0.25, -0.2) is 0 Å². The molecule has 0 aliphatic heterocycles. The van der Waals surface area contributed by atoms with Crippen molar-refractivity contribution in [2.24, 2.45) is 0 Å². The zero-order valence-corrected chi connectivity index (χ0v) is 15.9. The second kappa shape index (κ2) is 24.2. The van der Waals surface area contributed by atoms with Crippen LogP contribution in [0.5, 0.6) is 0 Å². The molecule has 6 heteroatoms. The predicted octanol–water partition coefficient (Wildman–Crippen LogP) is -2.37. The van der Waals surface area contributed by atoms with Crippen LogP contribution in [0.15, 0.2) is 0 Å². The molecule has 0 atom stereocenters. The van der Waals surface area contributed by atoms with Crippen molar-refractivity contribution >= 4 is 11.9 Å². The van der Waals surface area contributed by atoms with Crippen LogP contribution in [0.2, 0.25) is 0 Å². The smallest absolute Gasteiger partial charge is 1.00 e. The zero-order chi connectivity index (χ0) is 13.5. The van der Waals surface area contributed by atoms with E-state index in [1.54, 1.807) is 0 Å². The molecule has 0 saturated carbocycles. The average Bonchev–Trinajstić information content (AvgIpc) is 2.22. The molecule has 104 valence electrons. The fourth-order valence-electron chi connectivity index (χ4n) is 1.26. The average molecular weight is 292 g/mol. The summed E-state index contributed by atoms with van der Waals surface area (Å²) in [7, 11) is 0. The SMILES string of the molecule is O=C(O)CC(=O)O.[CH2-]CCCCCCCCC.[H-].[K+].[Li+]. The van der Waals surface area contributed by atoms with Gasteiger partial charge in [0.2, 0.25) is 0 Å². The Bertz CT molecular complexity index is 187. The third-order valence-electron chi connectivity index (χ3n) is 2.16. The molecular formula is C13H26KLiO4. The number of carbonyl (C=O) groups is 2. The Morgan fingerprint density at radius 1 is 0.947 bits per heavy atom. The Morgan fingerprint density at radius 2 is 1.32 bits per heavy atom. The fourth-order valence-corrected chi connectivity index (χ4v) is 1.26. The quantitative estimate of drug-likeness (QED) is 0.216. The van der Waals surface area contributed by atoms with Crippen LogP contribution in [-0.2, 0) is 9.59 Å². The summed E-state index contributed by atoms with van der Waals surface area (Å²) in [5, 5.41) is 15.4. The van der Waals surface area contributed by atoms with E-state index in [2.05, 4.69) is 13.8 Å². The van der Waals surface area contributed by atoms with Crippen LogP contribution < -0.4 is 70.2 Å². The third-order valence-corrected chi connectivity index (χ3v) is 2.16. The van der Waals surface area contributed by atoms with Crippen molar-refractivity contribution in [2.75, 3.05) is 0 Å². The summed E-state index contributed by atoms with van der Waals surface area (Å²) in [5.41, 5.74) is 0. The van der Waals surface area contributed by atoms with Crippen LogP contribution in [0, 0.1) is 6.92 Å². The van der Waals surface area contributed by atoms with Gasteiger partial charge in [-0.05, 0) is 0 Å². The van der Waals surface area contributed by atoms with E-state index in [0.29, 0.717) is 0 Å². The second-order valence-electron chi connectivity index (χ2n) is 3.94. The molecule has 0 rings (SSSR count). The Balaban J connectivity index is -0.0000000681. The van der Waals surface area contributed by atoms with Crippen molar-refractivity contribution in [3.63, 3.8) is 0 Å². The monoisotopic (exact) mass is 292 g/mol. The summed E-state index contributed by atoms with van der Waals surface area (Å²) in [6.45, 7) is 6.08. The molecule has 0 aromatic heterocycles. The maximum absolute atomic E-state index is 9.43. The van der Waals surface area contributed by atoms with Gasteiger partial charge >= 0.3 is 82.2 Å². The largest absolute Gasteiger partial charge is 1.00 e. The minimum Gasteiger partial charge on any atom is -1.00 e. The van der Waals surface area contributed by atoms with E-state index in [4.69, 9.17) is 10.2 Å². The number of rotatable bonds is 9. The molecular weight excluding hydrogens is 266 g/mol. The van der Waals surface area contributed by atoms with E-state index in [1.807, 2.05) is 0 Å². The Hall–Kier alpha value is 1.17. The number of hydrogen-bond donors (Lipinski definition) is 2. The first-order chi connectivity index (χ1) is 8.04. The van der Waals surface area contributed by atoms with Gasteiger partial charge in [0.25, 0.3) is 0 Å². The molecule has 4 nitrogen and oxygen atoms in total. The minimum absolute atomic E-state index is 0. The Kier molecular flexibility index (Phi) is 36.1. The molecule has 0 radical (unpaired) electrons. The van der Waals surface area contributed by atoms with E-state index in [-0.39, 0.29) is 71.7 Å². The third kappa shape index (κ3) is 38.2. The molecule has 0 spiro atoms. The molecule has 2 N–H and O–H groups in total. The molecule has 19 heavy (non-hydrogen) atoms. The van der Waals surface area contributed by atoms with Crippen molar-refractivity contribution in [3.8, 4) is 0 Å². The Labute approximate surface area is 173 Å². The minimum atomic E-state index is -1.31. The molecule has 0 aliphatic carbocycles. The molecule has 0 amide bonds. The predicted molar refractivity (Wildman–Crippen MR) is 69.0 cm³/mol. The molecule has 0 unspecified atom stereocenters.